The summed E-state index contributed by atoms with van der Waals surface area (Å²) in [6, 6.07) is 0. The van der Waals surface area contributed by atoms with Gasteiger partial charge in [-0.25, -0.2) is 0 Å². The van der Waals surface area contributed by atoms with E-state index < -0.39 is 18.5 Å². The Morgan fingerprint density at radius 3 is 2.46 bits per heavy atom. The van der Waals surface area contributed by atoms with Crippen LogP contribution in [0.4, 0.5) is 0 Å². The first-order chi connectivity index (χ1) is 6.00. The normalized spacial score (nSPS) is 41.1. The first-order valence-corrected chi connectivity index (χ1v) is 4.67. The van der Waals surface area contributed by atoms with E-state index >= 15 is 0 Å². The molecule has 1 heterocycles. The lowest BCUT2D eigenvalue weighted by Gasteiger charge is -2.35. The lowest BCUT2D eigenvalue weighted by molar-refractivity contribution is -0.255. The van der Waals surface area contributed by atoms with E-state index in [1.807, 2.05) is 13.8 Å². The monoisotopic (exact) mass is 190 g/mol. The molecule has 0 aromatic carbocycles. The Morgan fingerprint density at radius 1 is 1.38 bits per heavy atom. The zero-order chi connectivity index (χ0) is 10.0. The highest BCUT2D eigenvalue weighted by Gasteiger charge is 2.34. The van der Waals surface area contributed by atoms with E-state index in [4.69, 9.17) is 9.47 Å². The molecule has 1 saturated heterocycles. The largest absolute Gasteiger partial charge is 0.390 e. The molecule has 0 aromatic rings. The molecule has 0 saturated carbocycles. The second-order valence-corrected chi connectivity index (χ2v) is 3.75. The quantitative estimate of drug-likeness (QED) is 0.656. The van der Waals surface area contributed by atoms with Crippen LogP contribution in [0, 0.1) is 0 Å². The number of rotatable bonds is 2. The molecule has 4 heteroatoms. The minimum atomic E-state index is -0.799. The van der Waals surface area contributed by atoms with Gasteiger partial charge in [0.1, 0.15) is 6.10 Å². The van der Waals surface area contributed by atoms with E-state index in [0.717, 1.165) is 0 Å². The Hall–Kier alpha value is -0.160. The maximum absolute atomic E-state index is 9.42. The smallest absolute Gasteiger partial charge is 0.160 e. The van der Waals surface area contributed by atoms with Gasteiger partial charge in [-0.1, -0.05) is 0 Å². The molecule has 0 spiro atoms. The van der Waals surface area contributed by atoms with Crippen LogP contribution >= 0.6 is 0 Å². The Balaban J connectivity index is 2.44. The Bertz CT molecular complexity index is 148. The molecule has 0 amide bonds. The zero-order valence-corrected chi connectivity index (χ0v) is 8.30. The average molecular weight is 190 g/mol. The van der Waals surface area contributed by atoms with Gasteiger partial charge in [0, 0.05) is 6.42 Å². The summed E-state index contributed by atoms with van der Waals surface area (Å²) in [6.07, 6.45) is -1.90. The number of hydrogen-bond acceptors (Lipinski definition) is 4. The second kappa shape index (κ2) is 4.37. The lowest BCUT2D eigenvalue weighted by Crippen LogP contribution is -2.48. The summed E-state index contributed by atoms with van der Waals surface area (Å²) in [6.45, 7) is 5.54. The van der Waals surface area contributed by atoms with Gasteiger partial charge in [0.2, 0.25) is 0 Å². The van der Waals surface area contributed by atoms with E-state index in [1.165, 1.54) is 0 Å². The first-order valence-electron chi connectivity index (χ1n) is 4.67. The molecule has 1 aliphatic heterocycles. The maximum Gasteiger partial charge on any atom is 0.160 e. The van der Waals surface area contributed by atoms with Crippen LogP contribution in [0.3, 0.4) is 0 Å². The van der Waals surface area contributed by atoms with Crippen molar-refractivity contribution in [3.05, 3.63) is 0 Å². The standard InChI is InChI=1S/C9H18O4/c1-5(2)12-8-4-7(10)9(11)6(3)13-8/h5-11H,4H2,1-3H3/t6-,7-,8-,9-/m1/s1. The molecule has 0 bridgehead atoms. The van der Waals surface area contributed by atoms with E-state index in [0.29, 0.717) is 6.42 Å². The van der Waals surface area contributed by atoms with Crippen LogP contribution in [0.5, 0.6) is 0 Å². The Morgan fingerprint density at radius 2 is 2.00 bits per heavy atom. The molecule has 1 rings (SSSR count). The van der Waals surface area contributed by atoms with Crippen molar-refractivity contribution in [2.24, 2.45) is 0 Å². The lowest BCUT2D eigenvalue weighted by atomic mass is 10.0. The molecule has 78 valence electrons. The molecule has 4 atom stereocenters. The summed E-state index contributed by atoms with van der Waals surface area (Å²) >= 11 is 0. The molecule has 1 fully saturated rings. The molecule has 0 radical (unpaired) electrons. The van der Waals surface area contributed by atoms with Crippen LogP contribution in [0.2, 0.25) is 0 Å². The fourth-order valence-corrected chi connectivity index (χ4v) is 1.42. The van der Waals surface area contributed by atoms with Crippen molar-refractivity contribution < 1.29 is 19.7 Å². The third-order valence-electron chi connectivity index (χ3n) is 2.10. The Labute approximate surface area is 78.5 Å². The predicted octanol–water partition coefficient (Wildman–Crippen LogP) is 0.268. The summed E-state index contributed by atoms with van der Waals surface area (Å²) in [7, 11) is 0. The number of aliphatic hydroxyl groups excluding tert-OH is 2. The van der Waals surface area contributed by atoms with Crippen LogP contribution < -0.4 is 0 Å². The molecule has 2 N–H and O–H groups in total. The predicted molar refractivity (Wildman–Crippen MR) is 47.2 cm³/mol. The van der Waals surface area contributed by atoms with Gasteiger partial charge in [-0.3, -0.25) is 0 Å². The second-order valence-electron chi connectivity index (χ2n) is 3.75. The zero-order valence-electron chi connectivity index (χ0n) is 8.30. The van der Waals surface area contributed by atoms with Gasteiger partial charge in [-0.2, -0.15) is 0 Å². The van der Waals surface area contributed by atoms with Gasteiger partial charge in [-0.05, 0) is 20.8 Å². The van der Waals surface area contributed by atoms with Crippen molar-refractivity contribution in [2.45, 2.75) is 57.9 Å². The molecular formula is C9H18O4. The molecule has 13 heavy (non-hydrogen) atoms. The van der Waals surface area contributed by atoms with E-state index in [-0.39, 0.29) is 12.2 Å². The molecule has 0 unspecified atom stereocenters. The topological polar surface area (TPSA) is 58.9 Å². The van der Waals surface area contributed by atoms with Crippen molar-refractivity contribution in [3.63, 3.8) is 0 Å². The van der Waals surface area contributed by atoms with Gasteiger partial charge < -0.3 is 19.7 Å². The van der Waals surface area contributed by atoms with Gasteiger partial charge in [0.05, 0.1) is 18.3 Å². The fourth-order valence-electron chi connectivity index (χ4n) is 1.42. The molecule has 0 aliphatic carbocycles. The van der Waals surface area contributed by atoms with E-state index in [2.05, 4.69) is 0 Å². The average Bonchev–Trinajstić information content (AvgIpc) is 1.98. The maximum atomic E-state index is 9.42. The van der Waals surface area contributed by atoms with Crippen LogP contribution in [-0.4, -0.2) is 40.9 Å². The van der Waals surface area contributed by atoms with Crippen LogP contribution in [0.25, 0.3) is 0 Å². The van der Waals surface area contributed by atoms with Crippen LogP contribution in [0.1, 0.15) is 27.2 Å². The molecule has 4 nitrogen and oxygen atoms in total. The number of ether oxygens (including phenoxy) is 2. The SMILES string of the molecule is CC(C)O[C@H]1C[C@@H](O)[C@H](O)[C@@H](C)O1. The summed E-state index contributed by atoms with van der Waals surface area (Å²) in [5.41, 5.74) is 0. The molecule has 0 aromatic heterocycles. The minimum Gasteiger partial charge on any atom is -0.390 e. The van der Waals surface area contributed by atoms with Crippen LogP contribution in [-0.2, 0) is 9.47 Å². The van der Waals surface area contributed by atoms with Gasteiger partial charge >= 0.3 is 0 Å². The summed E-state index contributed by atoms with van der Waals surface area (Å²) in [5.74, 6) is 0. The molecule has 1 aliphatic rings. The van der Waals surface area contributed by atoms with Crippen molar-refractivity contribution in [1.82, 2.24) is 0 Å². The van der Waals surface area contributed by atoms with Gasteiger partial charge in [0.25, 0.3) is 0 Å². The van der Waals surface area contributed by atoms with E-state index in [9.17, 15) is 10.2 Å². The fraction of sp³-hybridized carbons (Fsp3) is 1.00. The van der Waals surface area contributed by atoms with Crippen LogP contribution in [0.15, 0.2) is 0 Å². The van der Waals surface area contributed by atoms with Crippen molar-refractivity contribution in [3.8, 4) is 0 Å². The summed E-state index contributed by atoms with van der Waals surface area (Å²) in [5, 5.41) is 18.8. The van der Waals surface area contributed by atoms with Crippen molar-refractivity contribution >= 4 is 0 Å². The number of aliphatic hydroxyl groups is 2. The minimum absolute atomic E-state index is 0.0691. The van der Waals surface area contributed by atoms with Gasteiger partial charge in [0.15, 0.2) is 6.29 Å². The summed E-state index contributed by atoms with van der Waals surface area (Å²) in [4.78, 5) is 0. The highest BCUT2D eigenvalue weighted by atomic mass is 16.7. The van der Waals surface area contributed by atoms with Gasteiger partial charge in [-0.15, -0.1) is 0 Å². The highest BCUT2D eigenvalue weighted by molar-refractivity contribution is 4.79. The van der Waals surface area contributed by atoms with Crippen molar-refractivity contribution in [2.75, 3.05) is 0 Å². The third-order valence-corrected chi connectivity index (χ3v) is 2.10. The third kappa shape index (κ3) is 2.91. The highest BCUT2D eigenvalue weighted by Crippen LogP contribution is 2.21. The van der Waals surface area contributed by atoms with Crippen molar-refractivity contribution in [1.29, 1.82) is 0 Å². The Kier molecular flexibility index (Phi) is 3.67. The summed E-state index contributed by atoms with van der Waals surface area (Å²) < 4.78 is 10.7. The van der Waals surface area contributed by atoms with E-state index in [1.54, 1.807) is 6.92 Å². The number of hydrogen-bond donors (Lipinski definition) is 2. The first kappa shape index (κ1) is 10.9. The molecular weight excluding hydrogens is 172 g/mol.